The molecule has 2 nitrogen and oxygen atoms in total. The van der Waals surface area contributed by atoms with E-state index in [4.69, 9.17) is 0 Å². The molecule has 0 bridgehead atoms. The molecule has 0 heterocycles. The molecule has 1 atom stereocenters. The number of rotatable bonds is 4. The fourth-order valence-electron chi connectivity index (χ4n) is 3.16. The highest BCUT2D eigenvalue weighted by Crippen LogP contribution is 2.29. The van der Waals surface area contributed by atoms with Crippen molar-refractivity contribution in [3.05, 3.63) is 76.9 Å². The molecule has 118 valence electrons. The molecule has 0 spiro atoms. The van der Waals surface area contributed by atoms with Gasteiger partial charge in [-0.2, -0.15) is 0 Å². The zero-order valence-corrected chi connectivity index (χ0v) is 13.6. The summed E-state index contributed by atoms with van der Waals surface area (Å²) in [7, 11) is 0. The average Bonchev–Trinajstić information content (AvgIpc) is 2.61. The second-order valence-electron chi connectivity index (χ2n) is 6.08. The van der Waals surface area contributed by atoms with Crippen molar-refractivity contribution in [2.75, 3.05) is 0 Å². The predicted molar refractivity (Wildman–Crippen MR) is 95.1 cm³/mol. The second kappa shape index (κ2) is 7.28. The van der Waals surface area contributed by atoms with Crippen molar-refractivity contribution in [1.82, 2.24) is 5.32 Å². The van der Waals surface area contributed by atoms with Gasteiger partial charge in [-0.1, -0.05) is 55.5 Å². The van der Waals surface area contributed by atoms with Gasteiger partial charge >= 0.3 is 0 Å². The molecule has 1 N–H and O–H groups in total. The summed E-state index contributed by atoms with van der Waals surface area (Å²) in [6.07, 6.45) is 7.81. The summed E-state index contributed by atoms with van der Waals surface area (Å²) in [6, 6.07) is 16.9. The highest BCUT2D eigenvalue weighted by atomic mass is 16.1. The van der Waals surface area contributed by atoms with E-state index >= 15 is 0 Å². The Morgan fingerprint density at radius 2 is 1.96 bits per heavy atom. The largest absolute Gasteiger partial charge is 0.346 e. The summed E-state index contributed by atoms with van der Waals surface area (Å²) in [5, 5.41) is 3.14. The Morgan fingerprint density at radius 3 is 2.74 bits per heavy atom. The number of hydrogen-bond acceptors (Lipinski definition) is 1. The molecule has 0 unspecified atom stereocenters. The van der Waals surface area contributed by atoms with Gasteiger partial charge in [-0.15, -0.1) is 0 Å². The van der Waals surface area contributed by atoms with Crippen LogP contribution in [0.2, 0.25) is 0 Å². The Hall–Kier alpha value is -2.35. The van der Waals surface area contributed by atoms with E-state index < -0.39 is 0 Å². The lowest BCUT2D eigenvalue weighted by atomic mass is 9.88. The van der Waals surface area contributed by atoms with Crippen molar-refractivity contribution in [2.45, 2.75) is 38.6 Å². The van der Waals surface area contributed by atoms with Gasteiger partial charge in [0, 0.05) is 6.08 Å². The van der Waals surface area contributed by atoms with Gasteiger partial charge in [0.2, 0.25) is 5.91 Å². The van der Waals surface area contributed by atoms with E-state index in [0.717, 1.165) is 31.2 Å². The molecule has 0 aliphatic heterocycles. The molecule has 2 aromatic rings. The summed E-state index contributed by atoms with van der Waals surface area (Å²) in [5.74, 6) is -0.0220. The van der Waals surface area contributed by atoms with E-state index in [2.05, 4.69) is 60.8 Å². The number of carbonyl (C=O) groups excluding carboxylic acids is 1. The number of hydrogen-bond donors (Lipinski definition) is 1. The highest BCUT2D eigenvalue weighted by Gasteiger charge is 2.20. The maximum Gasteiger partial charge on any atom is 0.244 e. The molecule has 0 aromatic heterocycles. The van der Waals surface area contributed by atoms with E-state index in [1.165, 1.54) is 16.7 Å². The summed E-state index contributed by atoms with van der Waals surface area (Å²) < 4.78 is 0. The van der Waals surface area contributed by atoms with Gasteiger partial charge < -0.3 is 5.32 Å². The van der Waals surface area contributed by atoms with Crippen molar-refractivity contribution >= 4 is 12.0 Å². The summed E-state index contributed by atoms with van der Waals surface area (Å²) in [6.45, 7) is 2.14. The fraction of sp³-hybridized carbons (Fsp3) is 0.286. The SMILES string of the molecule is CCc1ccc(/C=C/C(=O)N[C@H]2CCCc3ccccc32)cc1. The summed E-state index contributed by atoms with van der Waals surface area (Å²) >= 11 is 0. The Bertz CT molecular complexity index is 700. The molecule has 2 aromatic carbocycles. The van der Waals surface area contributed by atoms with Crippen molar-refractivity contribution in [3.8, 4) is 0 Å². The number of amides is 1. The molecule has 2 heteroatoms. The van der Waals surface area contributed by atoms with Crippen molar-refractivity contribution in [2.24, 2.45) is 0 Å². The Morgan fingerprint density at radius 1 is 1.17 bits per heavy atom. The first-order valence-corrected chi connectivity index (χ1v) is 8.41. The van der Waals surface area contributed by atoms with Crippen LogP contribution in [-0.2, 0) is 17.6 Å². The molecule has 0 saturated heterocycles. The first-order valence-electron chi connectivity index (χ1n) is 8.41. The lowest BCUT2D eigenvalue weighted by Crippen LogP contribution is -2.29. The van der Waals surface area contributed by atoms with Gasteiger partial charge in [0.25, 0.3) is 0 Å². The topological polar surface area (TPSA) is 29.1 Å². The first kappa shape index (κ1) is 15.5. The van der Waals surface area contributed by atoms with Crippen LogP contribution in [0.3, 0.4) is 0 Å². The van der Waals surface area contributed by atoms with Gasteiger partial charge in [0.05, 0.1) is 6.04 Å². The minimum absolute atomic E-state index is 0.0220. The molecule has 3 rings (SSSR count). The first-order chi connectivity index (χ1) is 11.3. The molecule has 1 aliphatic rings. The average molecular weight is 305 g/mol. The maximum absolute atomic E-state index is 12.2. The molecular weight excluding hydrogens is 282 g/mol. The molecule has 0 saturated carbocycles. The van der Waals surface area contributed by atoms with Crippen LogP contribution in [0.25, 0.3) is 6.08 Å². The molecular formula is C21H23NO. The Labute approximate surface area is 138 Å². The fourth-order valence-corrected chi connectivity index (χ4v) is 3.16. The molecule has 1 amide bonds. The zero-order chi connectivity index (χ0) is 16.1. The number of fused-ring (bicyclic) bond motifs is 1. The lowest BCUT2D eigenvalue weighted by molar-refractivity contribution is -0.117. The van der Waals surface area contributed by atoms with Crippen LogP contribution in [0, 0.1) is 0 Å². The van der Waals surface area contributed by atoms with Gasteiger partial charge in [0.15, 0.2) is 0 Å². The van der Waals surface area contributed by atoms with Gasteiger partial charge in [-0.25, -0.2) is 0 Å². The predicted octanol–water partition coefficient (Wildman–Crippen LogP) is 4.46. The number of benzene rings is 2. The maximum atomic E-state index is 12.2. The van der Waals surface area contributed by atoms with E-state index in [0.29, 0.717) is 0 Å². The van der Waals surface area contributed by atoms with E-state index in [1.807, 2.05) is 6.08 Å². The van der Waals surface area contributed by atoms with E-state index in [-0.39, 0.29) is 11.9 Å². The van der Waals surface area contributed by atoms with Crippen LogP contribution < -0.4 is 5.32 Å². The third-order valence-electron chi connectivity index (χ3n) is 4.50. The third kappa shape index (κ3) is 3.89. The second-order valence-corrected chi connectivity index (χ2v) is 6.08. The molecule has 0 radical (unpaired) electrons. The minimum atomic E-state index is -0.0220. The zero-order valence-electron chi connectivity index (χ0n) is 13.6. The minimum Gasteiger partial charge on any atom is -0.346 e. The van der Waals surface area contributed by atoms with Gasteiger partial charge in [-0.3, -0.25) is 4.79 Å². The molecule has 23 heavy (non-hydrogen) atoms. The van der Waals surface area contributed by atoms with Crippen LogP contribution in [0.15, 0.2) is 54.6 Å². The normalized spacial score (nSPS) is 17.0. The molecule has 1 aliphatic carbocycles. The lowest BCUT2D eigenvalue weighted by Gasteiger charge is -2.25. The van der Waals surface area contributed by atoms with Crippen LogP contribution in [0.4, 0.5) is 0 Å². The third-order valence-corrected chi connectivity index (χ3v) is 4.50. The molecule has 0 fully saturated rings. The standard InChI is InChI=1S/C21H23NO/c1-2-16-10-12-17(13-11-16)14-15-21(23)22-20-9-5-7-18-6-3-4-8-19(18)20/h3-4,6,8,10-15,20H,2,5,7,9H2,1H3,(H,22,23)/b15-14+/t20-/m0/s1. The number of nitrogens with one attached hydrogen (secondary N) is 1. The van der Waals surface area contributed by atoms with Crippen LogP contribution in [0.5, 0.6) is 0 Å². The quantitative estimate of drug-likeness (QED) is 0.830. The van der Waals surface area contributed by atoms with Crippen LogP contribution >= 0.6 is 0 Å². The Balaban J connectivity index is 1.64. The highest BCUT2D eigenvalue weighted by molar-refractivity contribution is 5.92. The monoisotopic (exact) mass is 305 g/mol. The van der Waals surface area contributed by atoms with Gasteiger partial charge in [0.1, 0.15) is 0 Å². The number of aryl methyl sites for hydroxylation is 2. The van der Waals surface area contributed by atoms with Crippen molar-refractivity contribution in [3.63, 3.8) is 0 Å². The van der Waals surface area contributed by atoms with Crippen LogP contribution in [-0.4, -0.2) is 5.91 Å². The smallest absolute Gasteiger partial charge is 0.244 e. The summed E-state index contributed by atoms with van der Waals surface area (Å²) in [5.41, 5.74) is 5.00. The van der Waals surface area contributed by atoms with Crippen molar-refractivity contribution in [1.29, 1.82) is 0 Å². The Kier molecular flexibility index (Phi) is 4.92. The van der Waals surface area contributed by atoms with Crippen molar-refractivity contribution < 1.29 is 4.79 Å². The van der Waals surface area contributed by atoms with Crippen LogP contribution in [0.1, 0.15) is 48.1 Å². The number of carbonyl (C=O) groups is 1. The van der Waals surface area contributed by atoms with E-state index in [9.17, 15) is 4.79 Å². The van der Waals surface area contributed by atoms with E-state index in [1.54, 1.807) is 6.08 Å². The summed E-state index contributed by atoms with van der Waals surface area (Å²) in [4.78, 5) is 12.2. The van der Waals surface area contributed by atoms with Gasteiger partial charge in [-0.05, 0) is 54.0 Å².